The van der Waals surface area contributed by atoms with Crippen LogP contribution in [0.5, 0.6) is 0 Å². The molecule has 0 bridgehead atoms. The molecule has 2 aromatic carbocycles. The summed E-state index contributed by atoms with van der Waals surface area (Å²) in [6.45, 7) is 0.639. The average Bonchev–Trinajstić information content (AvgIpc) is 2.56. The highest BCUT2D eigenvalue weighted by Gasteiger charge is 2.27. The molecule has 1 atom stereocenters. The maximum absolute atomic E-state index is 11.4. The van der Waals surface area contributed by atoms with Crippen LogP contribution < -0.4 is 0 Å². The van der Waals surface area contributed by atoms with Crippen molar-refractivity contribution in [3.8, 4) is 11.1 Å². The van der Waals surface area contributed by atoms with Gasteiger partial charge in [0.15, 0.2) is 0 Å². The molecule has 0 saturated carbocycles. The number of carboxylic acid groups (broad SMARTS) is 1. The standard InChI is InChI=1S/C18H19NO2/c20-18(21)19-13-5-4-8-17(19)16-11-9-15(10-12-16)14-6-2-1-3-7-14/h1-3,6-7,9-12,17H,4-5,8,13H2,(H,20,21). The smallest absolute Gasteiger partial charge is 0.407 e. The van der Waals surface area contributed by atoms with Crippen LogP contribution in [-0.4, -0.2) is 22.6 Å². The molecule has 0 radical (unpaired) electrons. The van der Waals surface area contributed by atoms with Crippen LogP contribution in [0, 0.1) is 0 Å². The van der Waals surface area contributed by atoms with E-state index in [2.05, 4.69) is 36.4 Å². The van der Waals surface area contributed by atoms with E-state index < -0.39 is 6.09 Å². The minimum atomic E-state index is -0.813. The lowest BCUT2D eigenvalue weighted by Crippen LogP contribution is -2.37. The summed E-state index contributed by atoms with van der Waals surface area (Å²) >= 11 is 0. The Morgan fingerprint density at radius 1 is 0.952 bits per heavy atom. The molecular formula is C18H19NO2. The Balaban J connectivity index is 1.85. The zero-order chi connectivity index (χ0) is 14.7. The van der Waals surface area contributed by atoms with Gasteiger partial charge in [-0.25, -0.2) is 4.79 Å². The van der Waals surface area contributed by atoms with E-state index in [-0.39, 0.29) is 6.04 Å². The summed E-state index contributed by atoms with van der Waals surface area (Å²) in [5.74, 6) is 0. The van der Waals surface area contributed by atoms with Crippen LogP contribution in [0.4, 0.5) is 4.79 Å². The first-order valence-corrected chi connectivity index (χ1v) is 7.40. The van der Waals surface area contributed by atoms with E-state index in [0.717, 1.165) is 30.4 Å². The summed E-state index contributed by atoms with van der Waals surface area (Å²) < 4.78 is 0. The Morgan fingerprint density at radius 2 is 1.62 bits per heavy atom. The van der Waals surface area contributed by atoms with Gasteiger partial charge in [-0.3, -0.25) is 0 Å². The van der Waals surface area contributed by atoms with E-state index in [1.165, 1.54) is 5.56 Å². The van der Waals surface area contributed by atoms with E-state index in [4.69, 9.17) is 0 Å². The largest absolute Gasteiger partial charge is 0.465 e. The lowest BCUT2D eigenvalue weighted by atomic mass is 9.94. The molecule has 1 unspecified atom stereocenters. The van der Waals surface area contributed by atoms with Crippen molar-refractivity contribution in [2.45, 2.75) is 25.3 Å². The third-order valence-corrected chi connectivity index (χ3v) is 4.15. The van der Waals surface area contributed by atoms with E-state index >= 15 is 0 Å². The van der Waals surface area contributed by atoms with E-state index in [0.29, 0.717) is 6.54 Å². The number of benzene rings is 2. The quantitative estimate of drug-likeness (QED) is 0.876. The number of piperidine rings is 1. The molecule has 1 amide bonds. The molecule has 0 aromatic heterocycles. The van der Waals surface area contributed by atoms with Crippen molar-refractivity contribution in [3.63, 3.8) is 0 Å². The van der Waals surface area contributed by atoms with Gasteiger partial charge < -0.3 is 10.0 Å². The zero-order valence-corrected chi connectivity index (χ0v) is 11.9. The summed E-state index contributed by atoms with van der Waals surface area (Å²) in [7, 11) is 0. The Hall–Kier alpha value is -2.29. The van der Waals surface area contributed by atoms with Crippen molar-refractivity contribution >= 4 is 6.09 Å². The van der Waals surface area contributed by atoms with Crippen LogP contribution >= 0.6 is 0 Å². The highest BCUT2D eigenvalue weighted by Crippen LogP contribution is 2.32. The highest BCUT2D eigenvalue weighted by atomic mass is 16.4. The summed E-state index contributed by atoms with van der Waals surface area (Å²) in [5.41, 5.74) is 3.44. The lowest BCUT2D eigenvalue weighted by molar-refractivity contribution is 0.106. The molecule has 1 heterocycles. The van der Waals surface area contributed by atoms with Crippen molar-refractivity contribution in [3.05, 3.63) is 60.2 Å². The first-order chi connectivity index (χ1) is 10.3. The molecule has 1 N–H and O–H groups in total. The molecule has 21 heavy (non-hydrogen) atoms. The number of nitrogens with zero attached hydrogens (tertiary/aromatic N) is 1. The van der Waals surface area contributed by atoms with E-state index in [1.54, 1.807) is 4.90 Å². The number of hydrogen-bond donors (Lipinski definition) is 1. The zero-order valence-electron chi connectivity index (χ0n) is 11.9. The number of hydrogen-bond acceptors (Lipinski definition) is 1. The lowest BCUT2D eigenvalue weighted by Gasteiger charge is -2.33. The molecule has 3 heteroatoms. The van der Waals surface area contributed by atoms with Gasteiger partial charge in [-0.2, -0.15) is 0 Å². The van der Waals surface area contributed by atoms with Gasteiger partial charge >= 0.3 is 6.09 Å². The van der Waals surface area contributed by atoms with Crippen molar-refractivity contribution in [1.82, 2.24) is 4.90 Å². The Kier molecular flexibility index (Phi) is 3.91. The van der Waals surface area contributed by atoms with Crippen molar-refractivity contribution in [1.29, 1.82) is 0 Å². The van der Waals surface area contributed by atoms with Crippen molar-refractivity contribution in [2.24, 2.45) is 0 Å². The third kappa shape index (κ3) is 2.92. The first-order valence-electron chi connectivity index (χ1n) is 7.40. The van der Waals surface area contributed by atoms with Gasteiger partial charge in [0.2, 0.25) is 0 Å². The number of amides is 1. The Morgan fingerprint density at radius 3 is 2.29 bits per heavy atom. The molecule has 0 spiro atoms. The Bertz CT molecular complexity index is 607. The van der Waals surface area contributed by atoms with Gasteiger partial charge in [-0.15, -0.1) is 0 Å². The topological polar surface area (TPSA) is 40.5 Å². The summed E-state index contributed by atoms with van der Waals surface area (Å²) in [4.78, 5) is 12.9. The van der Waals surface area contributed by atoms with Gasteiger partial charge in [-0.1, -0.05) is 54.6 Å². The fourth-order valence-electron chi connectivity index (χ4n) is 3.04. The van der Waals surface area contributed by atoms with Crippen LogP contribution in [0.3, 0.4) is 0 Å². The van der Waals surface area contributed by atoms with Crippen molar-refractivity contribution in [2.75, 3.05) is 6.54 Å². The van der Waals surface area contributed by atoms with Gasteiger partial charge in [0.1, 0.15) is 0 Å². The maximum atomic E-state index is 11.4. The van der Waals surface area contributed by atoms with Crippen LogP contribution in [0.15, 0.2) is 54.6 Å². The minimum absolute atomic E-state index is 0.000994. The summed E-state index contributed by atoms with van der Waals surface area (Å²) in [6, 6.07) is 18.5. The normalized spacial score (nSPS) is 18.5. The highest BCUT2D eigenvalue weighted by molar-refractivity contribution is 5.67. The first kappa shape index (κ1) is 13.7. The average molecular weight is 281 g/mol. The van der Waals surface area contributed by atoms with Crippen molar-refractivity contribution < 1.29 is 9.90 Å². The number of rotatable bonds is 2. The summed E-state index contributed by atoms with van der Waals surface area (Å²) in [5, 5.41) is 9.33. The maximum Gasteiger partial charge on any atom is 0.407 e. The number of likely N-dealkylation sites (tertiary alicyclic amines) is 1. The number of carbonyl (C=O) groups is 1. The SMILES string of the molecule is O=C(O)N1CCCCC1c1ccc(-c2ccccc2)cc1. The molecule has 1 fully saturated rings. The van der Waals surface area contributed by atoms with Gasteiger partial charge in [0, 0.05) is 6.54 Å². The molecule has 3 nitrogen and oxygen atoms in total. The van der Waals surface area contributed by atoms with E-state index in [9.17, 15) is 9.90 Å². The molecule has 3 rings (SSSR count). The molecule has 108 valence electrons. The molecule has 0 aliphatic carbocycles. The van der Waals surface area contributed by atoms with Gasteiger partial charge in [-0.05, 0) is 36.0 Å². The van der Waals surface area contributed by atoms with E-state index in [1.807, 2.05) is 18.2 Å². The fourth-order valence-corrected chi connectivity index (χ4v) is 3.04. The molecule has 2 aromatic rings. The second-order valence-electron chi connectivity index (χ2n) is 5.48. The predicted molar refractivity (Wildman–Crippen MR) is 83.2 cm³/mol. The molecular weight excluding hydrogens is 262 g/mol. The second kappa shape index (κ2) is 6.00. The van der Waals surface area contributed by atoms with Crippen LogP contribution in [-0.2, 0) is 0 Å². The fraction of sp³-hybridized carbons (Fsp3) is 0.278. The van der Waals surface area contributed by atoms with Crippen LogP contribution in [0.25, 0.3) is 11.1 Å². The summed E-state index contributed by atoms with van der Waals surface area (Å²) in [6.07, 6.45) is 2.16. The second-order valence-corrected chi connectivity index (χ2v) is 5.48. The Labute approximate surface area is 124 Å². The van der Waals surface area contributed by atoms with Crippen LogP contribution in [0.2, 0.25) is 0 Å². The van der Waals surface area contributed by atoms with Gasteiger partial charge in [0.05, 0.1) is 6.04 Å². The molecule has 1 saturated heterocycles. The third-order valence-electron chi connectivity index (χ3n) is 4.15. The van der Waals surface area contributed by atoms with Gasteiger partial charge in [0.25, 0.3) is 0 Å². The predicted octanol–water partition coefficient (Wildman–Crippen LogP) is 4.56. The monoisotopic (exact) mass is 281 g/mol. The van der Waals surface area contributed by atoms with Crippen LogP contribution in [0.1, 0.15) is 30.9 Å². The minimum Gasteiger partial charge on any atom is -0.465 e. The molecule has 1 aliphatic heterocycles. The molecule has 1 aliphatic rings.